The lowest BCUT2D eigenvalue weighted by Crippen LogP contribution is -1.94. The van der Waals surface area contributed by atoms with Crippen molar-refractivity contribution >= 4 is 52.1 Å². The van der Waals surface area contributed by atoms with Crippen LogP contribution in [0.25, 0.3) is 0 Å². The van der Waals surface area contributed by atoms with E-state index in [2.05, 4.69) is 0 Å². The van der Waals surface area contributed by atoms with Gasteiger partial charge in [-0.2, -0.15) is 0 Å². The van der Waals surface area contributed by atoms with E-state index in [1.807, 2.05) is 0 Å². The standard InChI is InChI=1S/C7H5Cl4NO/c1-13-7-4(10)2(8)6(12)3(9)5(7)11/h12H2,1H3. The molecule has 0 spiro atoms. The van der Waals surface area contributed by atoms with Crippen molar-refractivity contribution in [3.05, 3.63) is 20.1 Å². The molecule has 0 saturated carbocycles. The van der Waals surface area contributed by atoms with Gasteiger partial charge in [0.05, 0.1) is 22.8 Å². The Kier molecular flexibility index (Phi) is 3.41. The lowest BCUT2D eigenvalue weighted by atomic mass is 10.3. The normalized spacial score (nSPS) is 10.2. The molecule has 0 amide bonds. The molecule has 1 aromatic carbocycles. The highest BCUT2D eigenvalue weighted by Crippen LogP contribution is 2.47. The summed E-state index contributed by atoms with van der Waals surface area (Å²) in [5.41, 5.74) is 5.67. The summed E-state index contributed by atoms with van der Waals surface area (Å²) in [6.45, 7) is 0. The Morgan fingerprint density at radius 3 is 1.62 bits per heavy atom. The first-order chi connectivity index (χ1) is 6.00. The third kappa shape index (κ3) is 1.77. The van der Waals surface area contributed by atoms with Crippen molar-refractivity contribution in [3.8, 4) is 5.75 Å². The summed E-state index contributed by atoms with van der Waals surface area (Å²) in [4.78, 5) is 0. The van der Waals surface area contributed by atoms with Crippen LogP contribution in [0.4, 0.5) is 5.69 Å². The van der Waals surface area contributed by atoms with Crippen molar-refractivity contribution in [3.63, 3.8) is 0 Å². The van der Waals surface area contributed by atoms with Gasteiger partial charge in [0.25, 0.3) is 0 Å². The molecule has 6 heteroatoms. The lowest BCUT2D eigenvalue weighted by Gasteiger charge is -2.11. The smallest absolute Gasteiger partial charge is 0.159 e. The second-order valence-corrected chi connectivity index (χ2v) is 3.71. The van der Waals surface area contributed by atoms with Crippen LogP contribution in [0.2, 0.25) is 20.1 Å². The quantitative estimate of drug-likeness (QED) is 0.614. The Hall–Kier alpha value is -0.0200. The first-order valence-electron chi connectivity index (χ1n) is 3.16. The van der Waals surface area contributed by atoms with E-state index in [9.17, 15) is 0 Å². The minimum Gasteiger partial charge on any atom is -0.494 e. The maximum absolute atomic E-state index is 5.80. The molecule has 0 bridgehead atoms. The molecule has 2 nitrogen and oxygen atoms in total. The number of nitrogen functional groups attached to an aromatic ring is 1. The number of nitrogens with two attached hydrogens (primary N) is 1. The number of hydrogen-bond acceptors (Lipinski definition) is 2. The molecule has 13 heavy (non-hydrogen) atoms. The zero-order valence-corrected chi connectivity index (χ0v) is 9.52. The van der Waals surface area contributed by atoms with Crippen molar-refractivity contribution < 1.29 is 4.74 Å². The Balaban J connectivity index is 3.56. The van der Waals surface area contributed by atoms with E-state index in [1.54, 1.807) is 0 Å². The molecule has 0 aliphatic carbocycles. The molecule has 0 unspecified atom stereocenters. The molecule has 0 heterocycles. The van der Waals surface area contributed by atoms with Crippen LogP contribution < -0.4 is 10.5 Å². The van der Waals surface area contributed by atoms with Crippen LogP contribution in [0, 0.1) is 0 Å². The predicted molar refractivity (Wildman–Crippen MR) is 57.4 cm³/mol. The number of anilines is 1. The van der Waals surface area contributed by atoms with Gasteiger partial charge in [-0.05, 0) is 0 Å². The van der Waals surface area contributed by atoms with Crippen LogP contribution in [-0.4, -0.2) is 7.11 Å². The highest BCUT2D eigenvalue weighted by Gasteiger charge is 2.18. The van der Waals surface area contributed by atoms with E-state index in [0.717, 1.165) is 0 Å². The molecule has 0 atom stereocenters. The summed E-state index contributed by atoms with van der Waals surface area (Å²) < 4.78 is 4.90. The molecule has 72 valence electrons. The second-order valence-electron chi connectivity index (χ2n) is 2.20. The Morgan fingerprint density at radius 1 is 0.923 bits per heavy atom. The van der Waals surface area contributed by atoms with Crippen LogP contribution in [0.1, 0.15) is 0 Å². The Morgan fingerprint density at radius 2 is 1.31 bits per heavy atom. The summed E-state index contributed by atoms with van der Waals surface area (Å²) in [6.07, 6.45) is 0. The number of ether oxygens (including phenoxy) is 1. The van der Waals surface area contributed by atoms with E-state index >= 15 is 0 Å². The number of benzene rings is 1. The van der Waals surface area contributed by atoms with E-state index in [-0.39, 0.29) is 31.5 Å². The summed E-state index contributed by atoms with van der Waals surface area (Å²) in [5, 5.41) is 0.618. The van der Waals surface area contributed by atoms with Crippen LogP contribution in [0.3, 0.4) is 0 Å². The van der Waals surface area contributed by atoms with Gasteiger partial charge in [0.15, 0.2) is 5.75 Å². The average Bonchev–Trinajstić information content (AvgIpc) is 2.13. The van der Waals surface area contributed by atoms with E-state index in [0.29, 0.717) is 0 Å². The van der Waals surface area contributed by atoms with Crippen LogP contribution >= 0.6 is 46.4 Å². The zero-order valence-electron chi connectivity index (χ0n) is 6.50. The van der Waals surface area contributed by atoms with Gasteiger partial charge in [-0.25, -0.2) is 0 Å². The van der Waals surface area contributed by atoms with Crippen molar-refractivity contribution in [2.24, 2.45) is 0 Å². The maximum atomic E-state index is 5.80. The summed E-state index contributed by atoms with van der Waals surface area (Å²) in [5.74, 6) is 0.229. The van der Waals surface area contributed by atoms with Gasteiger partial charge in [0.1, 0.15) is 10.0 Å². The number of hydrogen-bond donors (Lipinski definition) is 1. The molecular weight excluding hydrogens is 256 g/mol. The fourth-order valence-electron chi connectivity index (χ4n) is 0.808. The monoisotopic (exact) mass is 259 g/mol. The van der Waals surface area contributed by atoms with E-state index < -0.39 is 0 Å². The highest BCUT2D eigenvalue weighted by atomic mass is 35.5. The van der Waals surface area contributed by atoms with Gasteiger partial charge in [0, 0.05) is 0 Å². The van der Waals surface area contributed by atoms with Crippen molar-refractivity contribution in [2.45, 2.75) is 0 Å². The molecule has 0 saturated heterocycles. The van der Waals surface area contributed by atoms with Gasteiger partial charge in [0.2, 0.25) is 0 Å². The molecular formula is C7H5Cl4NO. The van der Waals surface area contributed by atoms with Crippen LogP contribution in [0.5, 0.6) is 5.75 Å². The van der Waals surface area contributed by atoms with Gasteiger partial charge in [-0.15, -0.1) is 0 Å². The minimum atomic E-state index is 0.146. The number of methoxy groups -OCH3 is 1. The van der Waals surface area contributed by atoms with Crippen LogP contribution in [0.15, 0.2) is 0 Å². The SMILES string of the molecule is COc1c(Cl)c(Cl)c(N)c(Cl)c1Cl. The Labute approximate surface area is 95.5 Å². The van der Waals surface area contributed by atoms with Crippen molar-refractivity contribution in [1.82, 2.24) is 0 Å². The first-order valence-corrected chi connectivity index (χ1v) is 4.67. The number of rotatable bonds is 1. The second kappa shape index (κ2) is 4.01. The Bertz CT molecular complexity index is 324. The van der Waals surface area contributed by atoms with Crippen molar-refractivity contribution in [1.29, 1.82) is 0 Å². The summed E-state index contributed by atoms with van der Waals surface area (Å²) in [7, 11) is 1.41. The lowest BCUT2D eigenvalue weighted by molar-refractivity contribution is 0.415. The van der Waals surface area contributed by atoms with Gasteiger partial charge >= 0.3 is 0 Å². The molecule has 1 aromatic rings. The molecule has 0 aromatic heterocycles. The highest BCUT2D eigenvalue weighted by molar-refractivity contribution is 6.51. The fraction of sp³-hybridized carbons (Fsp3) is 0.143. The third-order valence-electron chi connectivity index (χ3n) is 1.46. The van der Waals surface area contributed by atoms with Gasteiger partial charge in [-0.1, -0.05) is 46.4 Å². The summed E-state index contributed by atoms with van der Waals surface area (Å²) >= 11 is 23.1. The third-order valence-corrected chi connectivity index (χ3v) is 3.16. The topological polar surface area (TPSA) is 35.2 Å². The molecule has 0 aliphatic rings. The molecule has 1 rings (SSSR count). The van der Waals surface area contributed by atoms with E-state index in [1.165, 1.54) is 7.11 Å². The van der Waals surface area contributed by atoms with E-state index in [4.69, 9.17) is 56.9 Å². The van der Waals surface area contributed by atoms with Crippen LogP contribution in [-0.2, 0) is 0 Å². The molecule has 0 aliphatic heterocycles. The predicted octanol–water partition coefficient (Wildman–Crippen LogP) is 3.89. The number of halogens is 4. The maximum Gasteiger partial charge on any atom is 0.159 e. The van der Waals surface area contributed by atoms with Gasteiger partial charge < -0.3 is 10.5 Å². The largest absolute Gasteiger partial charge is 0.494 e. The summed E-state index contributed by atoms with van der Waals surface area (Å²) in [6, 6.07) is 0. The fourth-order valence-corrected chi connectivity index (χ4v) is 1.81. The minimum absolute atomic E-state index is 0.146. The van der Waals surface area contributed by atoms with Gasteiger partial charge in [-0.3, -0.25) is 0 Å². The molecule has 0 radical (unpaired) electrons. The first kappa shape index (κ1) is 11.1. The average molecular weight is 261 g/mol. The van der Waals surface area contributed by atoms with Crippen molar-refractivity contribution in [2.75, 3.05) is 12.8 Å². The zero-order chi connectivity index (χ0) is 10.2. The molecule has 2 N–H and O–H groups in total. The molecule has 0 fully saturated rings.